The highest BCUT2D eigenvalue weighted by Crippen LogP contribution is 2.49. The van der Waals surface area contributed by atoms with Gasteiger partial charge < -0.3 is 50.7 Å². The minimum atomic E-state index is -4.61. The monoisotopic (exact) mass is 1540 g/mol. The van der Waals surface area contributed by atoms with Gasteiger partial charge in [-0.05, 0) is 169 Å². The van der Waals surface area contributed by atoms with Gasteiger partial charge in [0.1, 0.15) is 41.7 Å². The first kappa shape index (κ1) is 85.5. The van der Waals surface area contributed by atoms with Gasteiger partial charge in [-0.1, -0.05) is 80.6 Å². The number of ether oxygens (including phenoxy) is 1. The molecule has 0 saturated heterocycles. The van der Waals surface area contributed by atoms with Crippen LogP contribution in [0.3, 0.4) is 0 Å². The third-order valence-electron chi connectivity index (χ3n) is 19.6. The Morgan fingerprint density at radius 3 is 1.93 bits per heavy atom. The molecule has 3 aliphatic rings. The predicted molar refractivity (Wildman–Crippen MR) is 405 cm³/mol. The number of fused-ring (bicyclic) bond motifs is 2. The quantitative estimate of drug-likeness (QED) is 0.0113. The molecule has 0 aromatic heterocycles. The molecule has 0 spiro atoms. The number of hydrogen-bond donors (Lipinski definition) is 9. The summed E-state index contributed by atoms with van der Waals surface area (Å²) in [4.78, 5) is 94.1. The maximum atomic E-state index is 14.3. The van der Waals surface area contributed by atoms with Crippen LogP contribution < -0.4 is 25.6 Å². The fraction of sp³-hybridized carbons (Fsp3) is 0.481. The first-order valence-electron chi connectivity index (χ1n) is 36.0. The molecule has 582 valence electrons. The van der Waals surface area contributed by atoms with Gasteiger partial charge in [0.15, 0.2) is 5.71 Å². The number of nitrogens with zero attached hydrogens (tertiary/aromatic N) is 4. The molecule has 2 aliphatic heterocycles. The molecule has 107 heavy (non-hydrogen) atoms. The van der Waals surface area contributed by atoms with Crippen molar-refractivity contribution < 1.29 is 97.1 Å². The van der Waals surface area contributed by atoms with Gasteiger partial charge in [-0.3, -0.25) is 32.8 Å². The topological polar surface area (TPSA) is 401 Å². The summed E-state index contributed by atoms with van der Waals surface area (Å²) in [6.07, 6.45) is 11.4. The standard InChI is InChI=1S/C77H101N7O20S3/c1-76(2)62-24-10-11-25-66(62)83(42-12-14-47-105(95,96)97)68(76)37-29-55-21-16-22-56(30-38-69-77(3,4)63-52-61(107(101,102)103)34-36-67(63)84(69)43-13-15-48-106(98,99)100)71(55)104-60-32-27-54(28-33-60)50-65(74(92)93)79-72(89)57(49-53-19-8-7-9-20-53)51-59(86)39-44-82(6)46-45-81(5)41-18-23-58(85)31-35-64(73(90)91)80-75(94)78-40-17-26-70(87)88/h7-11,19-20,24-25,27-30,32-34,36-38,52,57,64-65H,12-18,21-23,26,31,35,39-51H2,1-6H3,(H8-,78,79,80,87,88,89,90,91,92,93,94,95,96,97,98,99,100,101,102,103)/p+1/t57-,64+,65+/m1/s1. The molecule has 3 amide bonds. The summed E-state index contributed by atoms with van der Waals surface area (Å²) in [5.74, 6) is -5.45. The average Bonchev–Trinajstić information content (AvgIpc) is 1.59. The van der Waals surface area contributed by atoms with Crippen molar-refractivity contribution in [3.05, 3.63) is 166 Å². The number of hydrogen-bond acceptors (Lipinski definition) is 17. The molecule has 0 bridgehead atoms. The number of urea groups is 1. The van der Waals surface area contributed by atoms with Crippen molar-refractivity contribution in [2.24, 2.45) is 5.92 Å². The number of para-hydroxylation sites is 1. The molecule has 9 N–H and O–H groups in total. The van der Waals surface area contributed by atoms with Crippen LogP contribution in [0, 0.1) is 5.92 Å². The zero-order valence-corrected chi connectivity index (χ0v) is 64.0. The minimum Gasteiger partial charge on any atom is -0.481 e. The van der Waals surface area contributed by atoms with Gasteiger partial charge in [0, 0.05) is 118 Å². The molecule has 1 aliphatic carbocycles. The summed E-state index contributed by atoms with van der Waals surface area (Å²) >= 11 is 0. The molecule has 30 heteroatoms. The molecule has 0 unspecified atom stereocenters. The number of ketones is 2. The number of likely N-dealkylation sites (N-methyl/N-ethyl adjacent to an activating group) is 2. The summed E-state index contributed by atoms with van der Waals surface area (Å²) in [5.41, 5.74) is 6.44. The van der Waals surface area contributed by atoms with E-state index in [-0.39, 0.29) is 106 Å². The van der Waals surface area contributed by atoms with Crippen molar-refractivity contribution in [1.29, 1.82) is 0 Å². The predicted octanol–water partition coefficient (Wildman–Crippen LogP) is 9.26. The number of Topliss-reactive ketones (excluding diaryl/α,β-unsaturated/α-hetero) is 2. The van der Waals surface area contributed by atoms with Crippen molar-refractivity contribution in [3.63, 3.8) is 0 Å². The van der Waals surface area contributed by atoms with Gasteiger partial charge in [-0.15, -0.1) is 0 Å². The SMILES string of the molecule is CN(CCCC(=O)CC[C@H](NC(=O)NCCCC(=O)O)C(=O)O)CCN(C)CCC(=O)C[C@@H](Cc1ccccc1)C(=O)N[C@@H](Cc1ccc(OC2=C(/C=C/C3=[N+](CCCCS(=O)(=O)O)c4ccccc4C3(C)C)CCC/C2=C\C=C2\N(CCCCS(=O)(=O)O)c3ccc(S(=O)(=O)O)cc3C2(C)C)cc1)C(=O)O. The van der Waals surface area contributed by atoms with Crippen LogP contribution in [-0.2, 0) is 82.8 Å². The Morgan fingerprint density at radius 2 is 1.27 bits per heavy atom. The minimum absolute atomic E-state index is 0.0413. The lowest BCUT2D eigenvalue weighted by Crippen LogP contribution is -2.46. The van der Waals surface area contributed by atoms with Crippen LogP contribution in [0.15, 0.2) is 149 Å². The normalized spacial score (nSPS) is 16.6. The Kier molecular flexibility index (Phi) is 31.1. The second-order valence-electron chi connectivity index (χ2n) is 28.7. The van der Waals surface area contributed by atoms with Crippen LogP contribution in [0.1, 0.15) is 146 Å². The van der Waals surface area contributed by atoms with E-state index in [0.29, 0.717) is 99.6 Å². The molecule has 7 rings (SSSR count). The zero-order valence-electron chi connectivity index (χ0n) is 61.6. The summed E-state index contributed by atoms with van der Waals surface area (Å²) in [6.45, 7) is 10.9. The molecule has 0 fully saturated rings. The second-order valence-corrected chi connectivity index (χ2v) is 33.3. The smallest absolute Gasteiger partial charge is 0.326 e. The Bertz CT molecular complexity index is 4380. The second kappa shape index (κ2) is 38.9. The van der Waals surface area contributed by atoms with E-state index >= 15 is 0 Å². The highest BCUT2D eigenvalue weighted by molar-refractivity contribution is 7.86. The third kappa shape index (κ3) is 26.3. The average molecular weight is 1540 g/mol. The van der Waals surface area contributed by atoms with Gasteiger partial charge in [-0.25, -0.2) is 14.4 Å². The number of nitrogens with one attached hydrogen (secondary N) is 3. The number of aliphatic carboxylic acids is 3. The van der Waals surface area contributed by atoms with Crippen LogP contribution >= 0.6 is 0 Å². The number of amides is 3. The molecule has 3 atom stereocenters. The summed E-state index contributed by atoms with van der Waals surface area (Å²) < 4.78 is 110. The number of rotatable bonds is 44. The van der Waals surface area contributed by atoms with Gasteiger partial charge in [0.05, 0.1) is 21.8 Å². The van der Waals surface area contributed by atoms with Gasteiger partial charge >= 0.3 is 23.9 Å². The molecule has 27 nitrogen and oxygen atoms in total. The van der Waals surface area contributed by atoms with E-state index in [2.05, 4.69) is 40.4 Å². The van der Waals surface area contributed by atoms with E-state index in [9.17, 15) is 82.7 Å². The number of carboxylic acids is 3. The highest BCUT2D eigenvalue weighted by atomic mass is 32.2. The number of allylic oxidation sites excluding steroid dienone is 7. The van der Waals surface area contributed by atoms with Gasteiger partial charge in [0.2, 0.25) is 11.6 Å². The fourth-order valence-electron chi connectivity index (χ4n) is 13.6. The van der Waals surface area contributed by atoms with Gasteiger partial charge in [0.25, 0.3) is 30.4 Å². The van der Waals surface area contributed by atoms with Crippen LogP contribution in [0.25, 0.3) is 0 Å². The van der Waals surface area contributed by atoms with E-state index in [4.69, 9.17) is 9.84 Å². The lowest BCUT2D eigenvalue weighted by Gasteiger charge is -2.27. The van der Waals surface area contributed by atoms with Crippen LogP contribution in [0.5, 0.6) is 5.75 Å². The fourth-order valence-corrected chi connectivity index (χ4v) is 15.2. The molecule has 0 saturated carbocycles. The number of benzene rings is 4. The van der Waals surface area contributed by atoms with E-state index in [1.165, 1.54) is 12.1 Å². The highest BCUT2D eigenvalue weighted by Gasteiger charge is 2.45. The summed E-state index contributed by atoms with van der Waals surface area (Å²) in [6, 6.07) is 24.8. The Labute approximate surface area is 627 Å². The molecule has 0 radical (unpaired) electrons. The Balaban J connectivity index is 1.06. The molecule has 4 aromatic carbocycles. The van der Waals surface area contributed by atoms with Crippen LogP contribution in [0.4, 0.5) is 16.2 Å². The summed E-state index contributed by atoms with van der Waals surface area (Å²) in [7, 11) is -9.30. The summed E-state index contributed by atoms with van der Waals surface area (Å²) in [5, 5.41) is 36.4. The van der Waals surface area contributed by atoms with Crippen LogP contribution in [-0.4, -0.2) is 199 Å². The Morgan fingerprint density at radius 1 is 0.626 bits per heavy atom. The molecular weight excluding hydrogens is 1440 g/mol. The lowest BCUT2D eigenvalue weighted by atomic mass is 9.81. The van der Waals surface area contributed by atoms with Crippen molar-refractivity contribution in [2.75, 3.05) is 76.3 Å². The van der Waals surface area contributed by atoms with Crippen molar-refractivity contribution in [3.8, 4) is 5.75 Å². The number of carbonyl (C=O) groups excluding carboxylic acids is 4. The molecule has 4 aromatic rings. The first-order chi connectivity index (χ1) is 50.4. The number of carbonyl (C=O) groups is 7. The van der Waals surface area contributed by atoms with Crippen molar-refractivity contribution >= 4 is 88.9 Å². The van der Waals surface area contributed by atoms with E-state index < -0.39 is 94.8 Å². The Hall–Kier alpha value is -8.75. The van der Waals surface area contributed by atoms with Crippen molar-refractivity contribution in [2.45, 2.75) is 165 Å². The van der Waals surface area contributed by atoms with Gasteiger partial charge in [-0.2, -0.15) is 29.8 Å². The van der Waals surface area contributed by atoms with Crippen LogP contribution in [0.2, 0.25) is 0 Å². The molecule has 2 heterocycles. The number of carboxylic acid groups (broad SMARTS) is 3. The maximum absolute atomic E-state index is 14.3. The first-order valence-corrected chi connectivity index (χ1v) is 40.7. The largest absolute Gasteiger partial charge is 0.481 e. The van der Waals surface area contributed by atoms with E-state index in [1.807, 2.05) is 115 Å². The molecular formula is C77H102N7O20S3+. The van der Waals surface area contributed by atoms with Crippen molar-refractivity contribution in [1.82, 2.24) is 25.8 Å². The number of anilines is 1. The maximum Gasteiger partial charge on any atom is 0.326 e. The lowest BCUT2D eigenvalue weighted by molar-refractivity contribution is -0.438. The zero-order chi connectivity index (χ0) is 78.4. The van der Waals surface area contributed by atoms with E-state index in [0.717, 1.165) is 39.4 Å². The number of unbranched alkanes of at least 4 members (excludes halogenated alkanes) is 2. The van der Waals surface area contributed by atoms with E-state index in [1.54, 1.807) is 30.3 Å². The third-order valence-corrected chi connectivity index (χ3v) is 22.0.